The molecule has 0 saturated carbocycles. The van der Waals surface area contributed by atoms with Crippen molar-refractivity contribution in [2.45, 2.75) is 19.5 Å². The summed E-state index contributed by atoms with van der Waals surface area (Å²) in [5, 5.41) is 9.35. The molecule has 0 unspecified atom stereocenters. The zero-order valence-corrected chi connectivity index (χ0v) is 15.9. The number of amides is 1. The van der Waals surface area contributed by atoms with E-state index in [1.807, 2.05) is 13.0 Å². The Kier molecular flexibility index (Phi) is 4.92. The zero-order valence-electron chi connectivity index (χ0n) is 15.9. The summed E-state index contributed by atoms with van der Waals surface area (Å²) in [5.41, 5.74) is -0.0447. The van der Waals surface area contributed by atoms with Crippen molar-refractivity contribution >= 4 is 17.3 Å². The van der Waals surface area contributed by atoms with Gasteiger partial charge in [0.05, 0.1) is 5.69 Å². The van der Waals surface area contributed by atoms with Crippen LogP contribution in [0, 0.1) is 5.82 Å². The minimum Gasteiger partial charge on any atom is -0.371 e. The van der Waals surface area contributed by atoms with E-state index < -0.39 is 29.3 Å². The zero-order chi connectivity index (χ0) is 21.5. The van der Waals surface area contributed by atoms with Crippen LogP contribution in [0.4, 0.5) is 28.9 Å². The van der Waals surface area contributed by atoms with Crippen molar-refractivity contribution in [3.05, 3.63) is 65.2 Å². The standard InChI is InChI=1S/C20H17F4N5O/c1-2-28-9-8-12-6-7-14(11-16(12)28)25-19(30)17-18(20(22,23)24)29(27-26-17)15-5-3-4-13(21)10-15/h3-7,10-11H,2,8-9H2,1H3,(H,25,30). The maximum Gasteiger partial charge on any atom is 0.435 e. The van der Waals surface area contributed by atoms with Crippen LogP contribution in [0.2, 0.25) is 0 Å². The van der Waals surface area contributed by atoms with Gasteiger partial charge in [-0.15, -0.1) is 5.10 Å². The molecule has 0 saturated heterocycles. The number of hydrogen-bond donors (Lipinski definition) is 1. The van der Waals surface area contributed by atoms with Crippen molar-refractivity contribution in [1.82, 2.24) is 15.0 Å². The van der Waals surface area contributed by atoms with E-state index in [4.69, 9.17) is 0 Å². The fourth-order valence-corrected chi connectivity index (χ4v) is 3.52. The number of benzene rings is 2. The van der Waals surface area contributed by atoms with Crippen LogP contribution in [0.5, 0.6) is 0 Å². The second kappa shape index (κ2) is 7.43. The van der Waals surface area contributed by atoms with Crippen molar-refractivity contribution < 1.29 is 22.4 Å². The van der Waals surface area contributed by atoms with E-state index in [-0.39, 0.29) is 5.69 Å². The maximum absolute atomic E-state index is 13.7. The molecule has 6 nitrogen and oxygen atoms in total. The molecule has 156 valence electrons. The molecule has 1 aromatic heterocycles. The van der Waals surface area contributed by atoms with Crippen LogP contribution in [0.25, 0.3) is 5.69 Å². The molecule has 0 bridgehead atoms. The van der Waals surface area contributed by atoms with E-state index in [0.29, 0.717) is 10.4 Å². The van der Waals surface area contributed by atoms with E-state index in [9.17, 15) is 22.4 Å². The SMILES string of the molecule is CCN1CCc2ccc(NC(=O)c3nnn(-c4cccc(F)c4)c3C(F)(F)F)cc21. The molecular weight excluding hydrogens is 402 g/mol. The number of alkyl halides is 3. The summed E-state index contributed by atoms with van der Waals surface area (Å²) in [6.45, 7) is 3.63. The van der Waals surface area contributed by atoms with Gasteiger partial charge in [0.1, 0.15) is 5.82 Å². The van der Waals surface area contributed by atoms with Crippen molar-refractivity contribution in [3.63, 3.8) is 0 Å². The lowest BCUT2D eigenvalue weighted by Crippen LogP contribution is -2.22. The molecular formula is C20H17F4N5O. The average molecular weight is 419 g/mol. The van der Waals surface area contributed by atoms with Crippen LogP contribution in [-0.4, -0.2) is 34.0 Å². The van der Waals surface area contributed by atoms with Gasteiger partial charge in [-0.1, -0.05) is 17.3 Å². The molecule has 10 heteroatoms. The first-order valence-corrected chi connectivity index (χ1v) is 9.26. The van der Waals surface area contributed by atoms with E-state index >= 15 is 0 Å². The Balaban J connectivity index is 1.68. The van der Waals surface area contributed by atoms with Crippen LogP contribution in [-0.2, 0) is 12.6 Å². The van der Waals surface area contributed by atoms with Gasteiger partial charge in [-0.3, -0.25) is 4.79 Å². The summed E-state index contributed by atoms with van der Waals surface area (Å²) < 4.78 is 55.1. The molecule has 0 aliphatic carbocycles. The summed E-state index contributed by atoms with van der Waals surface area (Å²) in [6.07, 6.45) is -4.06. The fourth-order valence-electron chi connectivity index (χ4n) is 3.52. The second-order valence-corrected chi connectivity index (χ2v) is 6.80. The van der Waals surface area contributed by atoms with Gasteiger partial charge < -0.3 is 10.2 Å². The van der Waals surface area contributed by atoms with E-state index in [1.165, 1.54) is 12.1 Å². The number of aromatic nitrogens is 3. The first-order chi connectivity index (χ1) is 14.3. The number of hydrogen-bond acceptors (Lipinski definition) is 4. The lowest BCUT2D eigenvalue weighted by atomic mass is 10.1. The van der Waals surface area contributed by atoms with Crippen molar-refractivity contribution in [3.8, 4) is 5.69 Å². The molecule has 0 spiro atoms. The molecule has 3 aromatic rings. The van der Waals surface area contributed by atoms with Crippen LogP contribution >= 0.6 is 0 Å². The molecule has 2 aromatic carbocycles. The molecule has 30 heavy (non-hydrogen) atoms. The Bertz CT molecular complexity index is 1110. The molecule has 0 radical (unpaired) electrons. The minimum atomic E-state index is -4.93. The van der Waals surface area contributed by atoms with E-state index in [2.05, 4.69) is 20.5 Å². The number of halogens is 4. The number of carbonyl (C=O) groups excluding carboxylic acids is 1. The summed E-state index contributed by atoms with van der Waals surface area (Å²) in [4.78, 5) is 14.7. The molecule has 0 atom stereocenters. The van der Waals surface area contributed by atoms with Gasteiger partial charge in [-0.2, -0.15) is 13.2 Å². The Labute approximate surface area is 169 Å². The lowest BCUT2D eigenvalue weighted by molar-refractivity contribution is -0.143. The van der Waals surface area contributed by atoms with E-state index in [0.717, 1.165) is 42.9 Å². The van der Waals surface area contributed by atoms with Crippen LogP contribution in [0.15, 0.2) is 42.5 Å². The van der Waals surface area contributed by atoms with E-state index in [1.54, 1.807) is 12.1 Å². The van der Waals surface area contributed by atoms with Crippen LogP contribution < -0.4 is 10.2 Å². The fraction of sp³-hybridized carbons (Fsp3) is 0.250. The Morgan fingerprint density at radius 3 is 2.70 bits per heavy atom. The molecule has 1 aliphatic rings. The molecule has 1 N–H and O–H groups in total. The van der Waals surface area contributed by atoms with Crippen molar-refractivity contribution in [2.24, 2.45) is 0 Å². The topological polar surface area (TPSA) is 63.1 Å². The number of nitrogens with one attached hydrogen (secondary N) is 1. The number of likely N-dealkylation sites (N-methyl/N-ethyl adjacent to an activating group) is 1. The second-order valence-electron chi connectivity index (χ2n) is 6.80. The van der Waals surface area contributed by atoms with Gasteiger partial charge in [-0.25, -0.2) is 9.07 Å². The number of rotatable bonds is 4. The normalized spacial score (nSPS) is 13.4. The number of anilines is 2. The van der Waals surface area contributed by atoms with Gasteiger partial charge >= 0.3 is 6.18 Å². The summed E-state index contributed by atoms with van der Waals surface area (Å²) in [5.74, 6) is -1.79. The quantitative estimate of drug-likeness (QED) is 0.648. The molecule has 2 heterocycles. The highest BCUT2D eigenvalue weighted by atomic mass is 19.4. The van der Waals surface area contributed by atoms with Gasteiger partial charge in [-0.05, 0) is 49.2 Å². The smallest absolute Gasteiger partial charge is 0.371 e. The van der Waals surface area contributed by atoms with Gasteiger partial charge in [0.25, 0.3) is 5.91 Å². The maximum atomic E-state index is 13.7. The number of carbonyl (C=O) groups is 1. The molecule has 4 rings (SSSR count). The summed E-state index contributed by atoms with van der Waals surface area (Å²) >= 11 is 0. The number of fused-ring (bicyclic) bond motifs is 1. The van der Waals surface area contributed by atoms with Crippen LogP contribution in [0.3, 0.4) is 0 Å². The molecule has 1 amide bonds. The monoisotopic (exact) mass is 419 g/mol. The summed E-state index contributed by atoms with van der Waals surface area (Å²) in [6, 6.07) is 9.67. The Morgan fingerprint density at radius 2 is 2.00 bits per heavy atom. The minimum absolute atomic E-state index is 0.190. The highest BCUT2D eigenvalue weighted by Crippen LogP contribution is 2.34. The average Bonchev–Trinajstić information content (AvgIpc) is 3.32. The molecule has 0 fully saturated rings. The Morgan fingerprint density at radius 1 is 1.20 bits per heavy atom. The third-order valence-corrected chi connectivity index (χ3v) is 4.92. The van der Waals surface area contributed by atoms with Crippen LogP contribution in [0.1, 0.15) is 28.7 Å². The van der Waals surface area contributed by atoms with Gasteiger partial charge in [0, 0.05) is 24.5 Å². The van der Waals surface area contributed by atoms with Gasteiger partial charge in [0.2, 0.25) is 0 Å². The number of nitrogens with zero attached hydrogens (tertiary/aromatic N) is 4. The first-order valence-electron chi connectivity index (χ1n) is 9.26. The highest BCUT2D eigenvalue weighted by Gasteiger charge is 2.42. The third kappa shape index (κ3) is 3.60. The van der Waals surface area contributed by atoms with Crippen molar-refractivity contribution in [2.75, 3.05) is 23.3 Å². The predicted molar refractivity (Wildman–Crippen MR) is 102 cm³/mol. The largest absolute Gasteiger partial charge is 0.435 e. The first kappa shape index (κ1) is 19.9. The Hall–Kier alpha value is -3.43. The third-order valence-electron chi connectivity index (χ3n) is 4.92. The molecule has 1 aliphatic heterocycles. The lowest BCUT2D eigenvalue weighted by Gasteiger charge is -2.17. The van der Waals surface area contributed by atoms with Gasteiger partial charge in [0.15, 0.2) is 11.4 Å². The van der Waals surface area contributed by atoms with Crippen molar-refractivity contribution in [1.29, 1.82) is 0 Å². The predicted octanol–water partition coefficient (Wildman–Crippen LogP) is 4.06. The highest BCUT2D eigenvalue weighted by molar-refractivity contribution is 6.04. The summed E-state index contributed by atoms with van der Waals surface area (Å²) in [7, 11) is 0.